The summed E-state index contributed by atoms with van der Waals surface area (Å²) in [6, 6.07) is 0.104. The number of hydrogen-bond acceptors (Lipinski definition) is 5. The van der Waals surface area contributed by atoms with E-state index in [0.717, 1.165) is 6.42 Å². The average Bonchev–Trinajstić information content (AvgIpc) is 2.36. The summed E-state index contributed by atoms with van der Waals surface area (Å²) in [5.41, 5.74) is -0.970. The number of carboxylic acid groups (broad SMARTS) is 1. The van der Waals surface area contributed by atoms with Crippen LogP contribution in [0.15, 0.2) is 0 Å². The van der Waals surface area contributed by atoms with E-state index in [2.05, 4.69) is 5.32 Å². The Labute approximate surface area is 128 Å². The molecular weight excluding hydrogens is 274 g/mol. The molecule has 21 heavy (non-hydrogen) atoms. The van der Waals surface area contributed by atoms with E-state index in [1.807, 2.05) is 20.8 Å². The summed E-state index contributed by atoms with van der Waals surface area (Å²) in [7, 11) is 1.64. The lowest BCUT2D eigenvalue weighted by Gasteiger charge is -2.31. The smallest absolute Gasteiger partial charge is 0.323 e. The van der Waals surface area contributed by atoms with Gasteiger partial charge in [0.1, 0.15) is 5.54 Å². The van der Waals surface area contributed by atoms with Gasteiger partial charge in [0.05, 0.1) is 19.3 Å². The predicted molar refractivity (Wildman–Crippen MR) is 81.7 cm³/mol. The van der Waals surface area contributed by atoms with Crippen molar-refractivity contribution in [1.29, 1.82) is 0 Å². The lowest BCUT2D eigenvalue weighted by atomic mass is 9.94. The van der Waals surface area contributed by atoms with Crippen LogP contribution < -0.4 is 5.32 Å². The molecule has 6 heteroatoms. The third kappa shape index (κ3) is 9.79. The largest absolute Gasteiger partial charge is 0.480 e. The first kappa shape index (κ1) is 20.3. The molecule has 0 spiro atoms. The Kier molecular flexibility index (Phi) is 10.6. The molecule has 0 aromatic carbocycles. The van der Waals surface area contributed by atoms with Gasteiger partial charge in [-0.3, -0.25) is 10.1 Å². The van der Waals surface area contributed by atoms with Gasteiger partial charge in [0, 0.05) is 32.8 Å². The van der Waals surface area contributed by atoms with Crippen molar-refractivity contribution in [3.05, 3.63) is 0 Å². The molecule has 6 nitrogen and oxygen atoms in total. The number of nitrogens with one attached hydrogen (secondary N) is 1. The number of hydrogen-bond donors (Lipinski definition) is 2. The van der Waals surface area contributed by atoms with Crippen LogP contribution >= 0.6 is 0 Å². The van der Waals surface area contributed by atoms with Gasteiger partial charge in [-0.1, -0.05) is 0 Å². The second-order valence-electron chi connectivity index (χ2n) is 5.78. The summed E-state index contributed by atoms with van der Waals surface area (Å²) in [5, 5.41) is 12.5. The van der Waals surface area contributed by atoms with E-state index in [0.29, 0.717) is 32.8 Å². The molecule has 0 saturated carbocycles. The van der Waals surface area contributed by atoms with Crippen molar-refractivity contribution in [2.75, 3.05) is 33.5 Å². The summed E-state index contributed by atoms with van der Waals surface area (Å²) in [6.45, 7) is 9.82. The van der Waals surface area contributed by atoms with Crippen LogP contribution in [-0.4, -0.2) is 62.3 Å². The first-order valence-corrected chi connectivity index (χ1v) is 7.51. The van der Waals surface area contributed by atoms with Gasteiger partial charge in [-0.05, 0) is 34.1 Å². The van der Waals surface area contributed by atoms with Crippen LogP contribution in [0.2, 0.25) is 0 Å². The molecular formula is C15H31NO5. The lowest BCUT2D eigenvalue weighted by Crippen LogP contribution is -2.54. The summed E-state index contributed by atoms with van der Waals surface area (Å²) >= 11 is 0. The molecule has 0 aromatic rings. The van der Waals surface area contributed by atoms with Crippen LogP contribution in [0.4, 0.5) is 0 Å². The molecule has 2 N–H and O–H groups in total. The fourth-order valence-electron chi connectivity index (χ4n) is 2.17. The molecule has 0 fully saturated rings. The van der Waals surface area contributed by atoms with E-state index in [9.17, 15) is 9.90 Å². The first-order chi connectivity index (χ1) is 9.81. The Morgan fingerprint density at radius 2 is 1.86 bits per heavy atom. The number of carboxylic acids is 1. The molecule has 0 amide bonds. The highest BCUT2D eigenvalue weighted by Crippen LogP contribution is 2.16. The van der Waals surface area contributed by atoms with Gasteiger partial charge in [-0.15, -0.1) is 0 Å². The highest BCUT2D eigenvalue weighted by atomic mass is 16.5. The van der Waals surface area contributed by atoms with Gasteiger partial charge in [-0.2, -0.15) is 0 Å². The average molecular weight is 305 g/mol. The van der Waals surface area contributed by atoms with Crippen molar-refractivity contribution >= 4 is 5.97 Å². The lowest BCUT2D eigenvalue weighted by molar-refractivity contribution is -0.146. The summed E-state index contributed by atoms with van der Waals surface area (Å²) < 4.78 is 15.9. The fourth-order valence-corrected chi connectivity index (χ4v) is 2.17. The molecule has 0 saturated heterocycles. The topological polar surface area (TPSA) is 77.0 Å². The van der Waals surface area contributed by atoms with Gasteiger partial charge in [-0.25, -0.2) is 0 Å². The van der Waals surface area contributed by atoms with Crippen LogP contribution in [-0.2, 0) is 19.0 Å². The quantitative estimate of drug-likeness (QED) is 0.504. The highest BCUT2D eigenvalue weighted by molar-refractivity contribution is 5.78. The Hall–Kier alpha value is -0.690. The summed E-state index contributed by atoms with van der Waals surface area (Å²) in [6.07, 6.45) is 1.08. The Morgan fingerprint density at radius 3 is 2.38 bits per heavy atom. The van der Waals surface area contributed by atoms with Crippen molar-refractivity contribution in [1.82, 2.24) is 5.32 Å². The molecule has 126 valence electrons. The third-order valence-corrected chi connectivity index (χ3v) is 3.04. The third-order valence-electron chi connectivity index (χ3n) is 3.04. The SMILES string of the molecule is COCCOCCCOC(C)CC(C)(NC(C)C)C(=O)O. The Bertz CT molecular complexity index is 285. The molecule has 0 rings (SSSR count). The van der Waals surface area contributed by atoms with Gasteiger partial charge < -0.3 is 19.3 Å². The van der Waals surface area contributed by atoms with Gasteiger partial charge >= 0.3 is 5.97 Å². The zero-order valence-corrected chi connectivity index (χ0v) is 14.0. The summed E-state index contributed by atoms with van der Waals surface area (Å²) in [5.74, 6) is -0.852. The maximum Gasteiger partial charge on any atom is 0.323 e. The number of ether oxygens (including phenoxy) is 3. The molecule has 0 aromatic heterocycles. The van der Waals surface area contributed by atoms with Crippen LogP contribution in [0.25, 0.3) is 0 Å². The summed E-state index contributed by atoms with van der Waals surface area (Å²) in [4.78, 5) is 11.4. The van der Waals surface area contributed by atoms with E-state index in [1.165, 1.54) is 0 Å². The number of aliphatic carboxylic acids is 1. The highest BCUT2D eigenvalue weighted by Gasteiger charge is 2.35. The molecule has 2 unspecified atom stereocenters. The van der Waals surface area contributed by atoms with Crippen molar-refractivity contribution in [2.45, 2.75) is 58.2 Å². The molecule has 0 bridgehead atoms. The van der Waals surface area contributed by atoms with Crippen LogP contribution in [0.3, 0.4) is 0 Å². The maximum absolute atomic E-state index is 11.4. The normalized spacial score (nSPS) is 15.9. The Balaban J connectivity index is 3.94. The predicted octanol–water partition coefficient (Wildman–Crippen LogP) is 1.68. The minimum absolute atomic E-state index is 0.104. The van der Waals surface area contributed by atoms with E-state index in [1.54, 1.807) is 14.0 Å². The minimum Gasteiger partial charge on any atom is -0.480 e. The van der Waals surface area contributed by atoms with Crippen molar-refractivity contribution in [3.63, 3.8) is 0 Å². The van der Waals surface area contributed by atoms with Crippen molar-refractivity contribution in [3.8, 4) is 0 Å². The first-order valence-electron chi connectivity index (χ1n) is 7.51. The van der Waals surface area contributed by atoms with Gasteiger partial charge in [0.2, 0.25) is 0 Å². The van der Waals surface area contributed by atoms with Crippen LogP contribution in [0.1, 0.15) is 40.5 Å². The van der Waals surface area contributed by atoms with E-state index >= 15 is 0 Å². The maximum atomic E-state index is 11.4. The number of rotatable bonds is 13. The Morgan fingerprint density at radius 1 is 1.19 bits per heavy atom. The van der Waals surface area contributed by atoms with Crippen LogP contribution in [0.5, 0.6) is 0 Å². The van der Waals surface area contributed by atoms with Crippen molar-refractivity contribution < 1.29 is 24.1 Å². The monoisotopic (exact) mass is 305 g/mol. The van der Waals surface area contributed by atoms with Crippen LogP contribution in [0, 0.1) is 0 Å². The standard InChI is InChI=1S/C15H31NO5/c1-12(2)16-15(4,14(17)18)11-13(3)21-8-6-7-20-10-9-19-5/h12-13,16H,6-11H2,1-5H3,(H,17,18). The number of carbonyl (C=O) groups is 1. The fraction of sp³-hybridized carbons (Fsp3) is 0.933. The zero-order chi connectivity index (χ0) is 16.3. The van der Waals surface area contributed by atoms with Crippen molar-refractivity contribution in [2.24, 2.45) is 0 Å². The number of methoxy groups -OCH3 is 1. The van der Waals surface area contributed by atoms with Gasteiger partial charge in [0.25, 0.3) is 0 Å². The zero-order valence-electron chi connectivity index (χ0n) is 14.0. The second-order valence-corrected chi connectivity index (χ2v) is 5.78. The second kappa shape index (κ2) is 11.0. The minimum atomic E-state index is -0.970. The van der Waals surface area contributed by atoms with E-state index in [4.69, 9.17) is 14.2 Å². The molecule has 0 radical (unpaired) electrons. The molecule has 0 aliphatic rings. The molecule has 0 aliphatic carbocycles. The molecule has 0 aliphatic heterocycles. The molecule has 2 atom stereocenters. The molecule has 0 heterocycles. The van der Waals surface area contributed by atoms with E-state index < -0.39 is 11.5 Å². The van der Waals surface area contributed by atoms with E-state index in [-0.39, 0.29) is 12.1 Å². The van der Waals surface area contributed by atoms with Gasteiger partial charge in [0.15, 0.2) is 0 Å².